The second-order valence-corrected chi connectivity index (χ2v) is 6.46. The van der Waals surface area contributed by atoms with Gasteiger partial charge in [-0.15, -0.1) is 11.3 Å². The third kappa shape index (κ3) is 2.68. The molecule has 2 unspecified atom stereocenters. The molecule has 0 saturated heterocycles. The smallest absolute Gasteiger partial charge is 0.322 e. The predicted octanol–water partition coefficient (Wildman–Crippen LogP) is 4.36. The molecule has 3 nitrogen and oxygen atoms in total. The van der Waals surface area contributed by atoms with Crippen LogP contribution >= 0.6 is 11.3 Å². The van der Waals surface area contributed by atoms with Crippen LogP contribution in [0.5, 0.6) is 0 Å². The van der Waals surface area contributed by atoms with Crippen molar-refractivity contribution in [3.05, 3.63) is 52.2 Å². The van der Waals surface area contributed by atoms with Crippen LogP contribution in [0.1, 0.15) is 36.8 Å². The number of rotatable bonds is 3. The van der Waals surface area contributed by atoms with Crippen molar-refractivity contribution in [1.82, 2.24) is 5.32 Å². The number of benzene rings is 1. The Labute approximate surface area is 129 Å². The van der Waals surface area contributed by atoms with E-state index in [2.05, 4.69) is 36.7 Å². The molecule has 1 N–H and O–H groups in total. The van der Waals surface area contributed by atoms with Gasteiger partial charge < -0.3 is 5.32 Å². The first-order chi connectivity index (χ1) is 10.2. The van der Waals surface area contributed by atoms with Gasteiger partial charge in [0.15, 0.2) is 0 Å². The molecule has 110 valence electrons. The SMILES string of the molecule is CCC(NC(=O)N1c2ccccc2CC1C)c1cccs1. The Morgan fingerprint density at radius 2 is 2.19 bits per heavy atom. The van der Waals surface area contributed by atoms with Crippen molar-refractivity contribution in [2.45, 2.75) is 38.8 Å². The average Bonchev–Trinajstić information content (AvgIpc) is 3.10. The summed E-state index contributed by atoms with van der Waals surface area (Å²) in [5, 5.41) is 5.23. The lowest BCUT2D eigenvalue weighted by Gasteiger charge is -2.26. The Kier molecular flexibility index (Phi) is 3.97. The number of thiophene rings is 1. The molecule has 0 fully saturated rings. The highest BCUT2D eigenvalue weighted by Crippen LogP contribution is 2.32. The maximum absolute atomic E-state index is 12.7. The maximum Gasteiger partial charge on any atom is 0.322 e. The normalized spacial score (nSPS) is 18.4. The van der Waals surface area contributed by atoms with Crippen molar-refractivity contribution in [2.24, 2.45) is 0 Å². The molecule has 4 heteroatoms. The third-order valence-electron chi connectivity index (χ3n) is 4.02. The number of amides is 2. The molecule has 0 spiro atoms. The molecule has 2 atom stereocenters. The fourth-order valence-electron chi connectivity index (χ4n) is 2.96. The van der Waals surface area contributed by atoms with E-state index in [1.54, 1.807) is 11.3 Å². The number of hydrogen-bond donors (Lipinski definition) is 1. The summed E-state index contributed by atoms with van der Waals surface area (Å²) in [6.07, 6.45) is 1.83. The maximum atomic E-state index is 12.7. The number of nitrogens with one attached hydrogen (secondary N) is 1. The zero-order valence-electron chi connectivity index (χ0n) is 12.4. The van der Waals surface area contributed by atoms with Gasteiger partial charge in [0.1, 0.15) is 0 Å². The molecule has 3 rings (SSSR count). The Morgan fingerprint density at radius 3 is 2.90 bits per heavy atom. The molecule has 1 aromatic carbocycles. The molecular formula is C17H20N2OS. The van der Waals surface area contributed by atoms with Gasteiger partial charge >= 0.3 is 6.03 Å². The topological polar surface area (TPSA) is 32.3 Å². The van der Waals surface area contributed by atoms with Crippen molar-refractivity contribution in [3.8, 4) is 0 Å². The monoisotopic (exact) mass is 300 g/mol. The van der Waals surface area contributed by atoms with Crippen molar-refractivity contribution >= 4 is 23.1 Å². The van der Waals surface area contributed by atoms with Crippen LogP contribution in [0.25, 0.3) is 0 Å². The highest BCUT2D eigenvalue weighted by Gasteiger charge is 2.31. The van der Waals surface area contributed by atoms with E-state index < -0.39 is 0 Å². The van der Waals surface area contributed by atoms with Gasteiger partial charge in [0, 0.05) is 16.6 Å². The fourth-order valence-corrected chi connectivity index (χ4v) is 3.82. The van der Waals surface area contributed by atoms with Crippen LogP contribution in [-0.4, -0.2) is 12.1 Å². The Hall–Kier alpha value is -1.81. The van der Waals surface area contributed by atoms with E-state index in [0.29, 0.717) is 0 Å². The molecule has 1 aromatic heterocycles. The number of carbonyl (C=O) groups excluding carboxylic acids is 1. The van der Waals surface area contributed by atoms with Crippen LogP contribution in [0.2, 0.25) is 0 Å². The van der Waals surface area contributed by atoms with E-state index in [-0.39, 0.29) is 18.1 Å². The van der Waals surface area contributed by atoms with Crippen LogP contribution in [0.3, 0.4) is 0 Å². The molecule has 2 amide bonds. The summed E-state index contributed by atoms with van der Waals surface area (Å²) in [7, 11) is 0. The molecule has 0 saturated carbocycles. The largest absolute Gasteiger partial charge is 0.330 e. The second kappa shape index (κ2) is 5.90. The lowest BCUT2D eigenvalue weighted by Crippen LogP contribution is -2.44. The number of urea groups is 1. The first-order valence-electron chi connectivity index (χ1n) is 7.41. The molecule has 0 bridgehead atoms. The standard InChI is InChI=1S/C17H20N2OS/c1-3-14(16-9-6-10-21-16)18-17(20)19-12(2)11-13-7-4-5-8-15(13)19/h4-10,12,14H,3,11H2,1-2H3,(H,18,20). The van der Waals surface area contributed by atoms with Gasteiger partial charge in [-0.3, -0.25) is 4.90 Å². The van der Waals surface area contributed by atoms with Gasteiger partial charge in [-0.25, -0.2) is 4.79 Å². The summed E-state index contributed by atoms with van der Waals surface area (Å²) in [6, 6.07) is 12.6. The molecule has 2 aromatic rings. The van der Waals surface area contributed by atoms with Crippen LogP contribution < -0.4 is 10.2 Å². The Bertz CT molecular complexity index is 623. The van der Waals surface area contributed by atoms with Gasteiger partial charge in [0.05, 0.1) is 6.04 Å². The predicted molar refractivity (Wildman–Crippen MR) is 88.0 cm³/mol. The van der Waals surface area contributed by atoms with Gasteiger partial charge in [-0.1, -0.05) is 31.2 Å². The van der Waals surface area contributed by atoms with Gasteiger partial charge in [0.2, 0.25) is 0 Å². The number of hydrogen-bond acceptors (Lipinski definition) is 2. The Morgan fingerprint density at radius 1 is 1.38 bits per heavy atom. The van der Waals surface area contributed by atoms with E-state index in [1.807, 2.05) is 29.2 Å². The van der Waals surface area contributed by atoms with Crippen molar-refractivity contribution in [1.29, 1.82) is 0 Å². The van der Waals surface area contributed by atoms with Gasteiger partial charge in [-0.2, -0.15) is 0 Å². The lowest BCUT2D eigenvalue weighted by molar-refractivity contribution is 0.241. The first kappa shape index (κ1) is 14.1. The minimum absolute atomic E-state index is 0.00713. The number of nitrogens with zero attached hydrogens (tertiary/aromatic N) is 1. The van der Waals surface area contributed by atoms with Crippen LogP contribution in [0, 0.1) is 0 Å². The second-order valence-electron chi connectivity index (χ2n) is 5.48. The highest BCUT2D eigenvalue weighted by atomic mass is 32.1. The summed E-state index contributed by atoms with van der Waals surface area (Å²) in [6.45, 7) is 4.21. The van der Waals surface area contributed by atoms with E-state index in [9.17, 15) is 4.79 Å². The molecule has 0 aliphatic carbocycles. The lowest BCUT2D eigenvalue weighted by atomic mass is 10.1. The summed E-state index contributed by atoms with van der Waals surface area (Å²) in [5.41, 5.74) is 2.30. The summed E-state index contributed by atoms with van der Waals surface area (Å²) < 4.78 is 0. The van der Waals surface area contributed by atoms with E-state index >= 15 is 0 Å². The first-order valence-corrected chi connectivity index (χ1v) is 8.29. The number of para-hydroxylation sites is 1. The number of anilines is 1. The molecule has 2 heterocycles. The van der Waals surface area contributed by atoms with E-state index in [1.165, 1.54) is 10.4 Å². The number of carbonyl (C=O) groups is 1. The molecule has 21 heavy (non-hydrogen) atoms. The quantitative estimate of drug-likeness (QED) is 0.897. The Balaban J connectivity index is 1.79. The van der Waals surface area contributed by atoms with E-state index in [4.69, 9.17) is 0 Å². The summed E-state index contributed by atoms with van der Waals surface area (Å²) >= 11 is 1.69. The van der Waals surface area contributed by atoms with Crippen molar-refractivity contribution in [2.75, 3.05) is 4.90 Å². The van der Waals surface area contributed by atoms with Crippen molar-refractivity contribution in [3.63, 3.8) is 0 Å². The molecule has 1 aliphatic rings. The minimum Gasteiger partial charge on any atom is -0.330 e. The summed E-state index contributed by atoms with van der Waals surface area (Å²) in [5.74, 6) is 0. The van der Waals surface area contributed by atoms with Crippen LogP contribution in [0.4, 0.5) is 10.5 Å². The zero-order chi connectivity index (χ0) is 14.8. The number of fused-ring (bicyclic) bond motifs is 1. The summed E-state index contributed by atoms with van der Waals surface area (Å²) in [4.78, 5) is 15.8. The fraction of sp³-hybridized carbons (Fsp3) is 0.353. The van der Waals surface area contributed by atoms with Crippen molar-refractivity contribution < 1.29 is 4.79 Å². The average molecular weight is 300 g/mol. The third-order valence-corrected chi connectivity index (χ3v) is 5.00. The zero-order valence-corrected chi connectivity index (χ0v) is 13.2. The molecule has 1 aliphatic heterocycles. The highest BCUT2D eigenvalue weighted by molar-refractivity contribution is 7.10. The van der Waals surface area contributed by atoms with E-state index in [0.717, 1.165) is 18.5 Å². The van der Waals surface area contributed by atoms with Crippen LogP contribution in [-0.2, 0) is 6.42 Å². The molecular weight excluding hydrogens is 280 g/mol. The minimum atomic E-state index is 0.00713. The molecule has 0 radical (unpaired) electrons. The van der Waals surface area contributed by atoms with Gasteiger partial charge in [-0.05, 0) is 42.8 Å². The van der Waals surface area contributed by atoms with Crippen LogP contribution in [0.15, 0.2) is 41.8 Å². The van der Waals surface area contributed by atoms with Gasteiger partial charge in [0.25, 0.3) is 0 Å².